The van der Waals surface area contributed by atoms with Crippen molar-refractivity contribution in [3.8, 4) is 0 Å². The van der Waals surface area contributed by atoms with Gasteiger partial charge in [0.25, 0.3) is 0 Å². The maximum atomic E-state index is 13.7. The maximum absolute atomic E-state index is 13.7. The van der Waals surface area contributed by atoms with E-state index in [9.17, 15) is 52.3 Å². The zero-order valence-electron chi connectivity index (χ0n) is 14.9. The summed E-state index contributed by atoms with van der Waals surface area (Å²) in [5, 5.41) is 0. The van der Waals surface area contributed by atoms with Gasteiger partial charge in [0.15, 0.2) is 18.6 Å². The van der Waals surface area contributed by atoms with Crippen LogP contribution < -0.4 is 3.97 Å². The van der Waals surface area contributed by atoms with E-state index in [4.69, 9.17) is 0 Å². The van der Waals surface area contributed by atoms with Crippen LogP contribution in [0.5, 0.6) is 0 Å². The average molecular weight is 480 g/mol. The number of hydrogen-bond donors (Lipinski definition) is 0. The Hall–Kier alpha value is -1.64. The summed E-state index contributed by atoms with van der Waals surface area (Å²) < 4.78 is 158. The Kier molecular flexibility index (Phi) is 8.13. The summed E-state index contributed by atoms with van der Waals surface area (Å²) >= 11 is 0. The molecule has 0 saturated carbocycles. The van der Waals surface area contributed by atoms with E-state index in [1.54, 1.807) is 0 Å². The third-order valence-electron chi connectivity index (χ3n) is 3.75. The fraction of sp³-hybridized carbons (Fsp3) is 0.667. The van der Waals surface area contributed by atoms with Crippen molar-refractivity contribution in [2.24, 2.45) is 0 Å². The summed E-state index contributed by atoms with van der Waals surface area (Å²) in [6.45, 7) is 0. The second-order valence-electron chi connectivity index (χ2n) is 6.14. The van der Waals surface area contributed by atoms with Crippen molar-refractivity contribution in [2.75, 3.05) is 0 Å². The monoisotopic (exact) mass is 480 g/mol. The topological polar surface area (TPSA) is 47.3 Å². The van der Waals surface area contributed by atoms with Gasteiger partial charge in [-0.25, -0.2) is 4.39 Å². The van der Waals surface area contributed by atoms with Crippen LogP contribution in [0, 0.1) is 0 Å². The van der Waals surface area contributed by atoms with E-state index in [2.05, 4.69) is 4.18 Å². The highest BCUT2D eigenvalue weighted by atomic mass is 32.2. The molecule has 0 radical (unpaired) electrons. The molecule has 30 heavy (non-hydrogen) atoms. The molecule has 1 atom stereocenters. The number of pyridine rings is 1. The van der Waals surface area contributed by atoms with E-state index in [1.165, 1.54) is 6.07 Å². The normalized spacial score (nSPS) is 15.3. The van der Waals surface area contributed by atoms with E-state index in [0.29, 0.717) is 12.4 Å². The second kappa shape index (κ2) is 9.24. The van der Waals surface area contributed by atoms with Crippen LogP contribution in [0.3, 0.4) is 0 Å². The SMILES string of the molecule is O=S(=O)(OC(F)(F)C(F)(F)C(F)(F)C(F)CCCCCC(F)(F)F)[n+]1ccccc1. The van der Waals surface area contributed by atoms with Crippen molar-refractivity contribution >= 4 is 10.3 Å². The minimum Gasteiger partial charge on any atom is -0.241 e. The van der Waals surface area contributed by atoms with Gasteiger partial charge in [0, 0.05) is 18.6 Å². The molecular weight excluding hydrogens is 464 g/mol. The number of nitrogens with zero attached hydrogens (tertiary/aromatic N) is 1. The first kappa shape index (κ1) is 26.4. The van der Waals surface area contributed by atoms with Crippen LogP contribution in [-0.2, 0) is 14.5 Å². The molecule has 4 nitrogen and oxygen atoms in total. The van der Waals surface area contributed by atoms with Gasteiger partial charge in [-0.3, -0.25) is 0 Å². The molecule has 0 saturated heterocycles. The highest BCUT2D eigenvalue weighted by Crippen LogP contribution is 2.50. The third-order valence-corrected chi connectivity index (χ3v) is 4.93. The predicted octanol–water partition coefficient (Wildman–Crippen LogP) is 4.80. The van der Waals surface area contributed by atoms with E-state index >= 15 is 0 Å². The summed E-state index contributed by atoms with van der Waals surface area (Å²) in [4.78, 5) is 0. The first-order valence-corrected chi connectivity index (χ1v) is 9.57. The lowest BCUT2D eigenvalue weighted by Crippen LogP contribution is -2.61. The Morgan fingerprint density at radius 2 is 1.37 bits per heavy atom. The van der Waals surface area contributed by atoms with Crippen LogP contribution in [-0.4, -0.2) is 38.7 Å². The Morgan fingerprint density at radius 1 is 0.833 bits per heavy atom. The first-order valence-electron chi connectivity index (χ1n) is 8.21. The van der Waals surface area contributed by atoms with Gasteiger partial charge in [-0.1, -0.05) is 22.9 Å². The molecule has 0 aromatic carbocycles. The number of alkyl halides is 10. The summed E-state index contributed by atoms with van der Waals surface area (Å²) in [5.41, 5.74) is 0. The third kappa shape index (κ3) is 6.43. The Morgan fingerprint density at radius 3 is 1.87 bits per heavy atom. The molecular formula is C15H16F10NO3S+. The zero-order valence-corrected chi connectivity index (χ0v) is 15.7. The van der Waals surface area contributed by atoms with Gasteiger partial charge in [0.05, 0.1) is 0 Å². The van der Waals surface area contributed by atoms with Crippen molar-refractivity contribution in [1.82, 2.24) is 0 Å². The highest BCUT2D eigenvalue weighted by Gasteiger charge is 2.77. The molecule has 0 aliphatic rings. The molecule has 1 aromatic rings. The van der Waals surface area contributed by atoms with Crippen molar-refractivity contribution < 1.29 is 60.5 Å². The summed E-state index contributed by atoms with van der Waals surface area (Å²) in [6.07, 6.45) is -18.2. The van der Waals surface area contributed by atoms with Gasteiger partial charge >= 0.3 is 34.4 Å². The van der Waals surface area contributed by atoms with Crippen molar-refractivity contribution in [3.63, 3.8) is 0 Å². The van der Waals surface area contributed by atoms with Gasteiger partial charge < -0.3 is 0 Å². The molecule has 1 aromatic heterocycles. The Bertz CT molecular complexity index is 784. The van der Waals surface area contributed by atoms with Gasteiger partial charge in [-0.2, -0.15) is 39.5 Å². The lowest BCUT2D eigenvalue weighted by atomic mass is 10.00. The Labute approximate surface area is 164 Å². The average Bonchev–Trinajstić information content (AvgIpc) is 2.59. The van der Waals surface area contributed by atoms with Crippen LogP contribution in [0.15, 0.2) is 30.6 Å². The largest absolute Gasteiger partial charge is 0.519 e. The van der Waals surface area contributed by atoms with Crippen LogP contribution in [0.1, 0.15) is 32.1 Å². The molecule has 1 heterocycles. The molecule has 0 aliphatic heterocycles. The minimum atomic E-state index is -6.60. The molecule has 15 heteroatoms. The van der Waals surface area contributed by atoms with E-state index in [0.717, 1.165) is 12.1 Å². The van der Waals surface area contributed by atoms with E-state index in [1.807, 2.05) is 0 Å². The highest BCUT2D eigenvalue weighted by molar-refractivity contribution is 7.80. The smallest absolute Gasteiger partial charge is 0.241 e. The summed E-state index contributed by atoms with van der Waals surface area (Å²) in [7, 11) is -5.70. The number of aromatic nitrogens is 1. The molecule has 174 valence electrons. The van der Waals surface area contributed by atoms with Gasteiger partial charge in [-0.15, -0.1) is 12.6 Å². The molecule has 0 N–H and O–H groups in total. The van der Waals surface area contributed by atoms with E-state index < -0.39 is 72.7 Å². The van der Waals surface area contributed by atoms with Crippen LogP contribution in [0.4, 0.5) is 43.9 Å². The van der Waals surface area contributed by atoms with Gasteiger partial charge in [0.2, 0.25) is 0 Å². The lowest BCUT2D eigenvalue weighted by Gasteiger charge is -2.32. The quantitative estimate of drug-likeness (QED) is 0.260. The first-order chi connectivity index (χ1) is 13.4. The van der Waals surface area contributed by atoms with Crippen LogP contribution in [0.25, 0.3) is 0 Å². The van der Waals surface area contributed by atoms with Crippen molar-refractivity contribution in [2.45, 2.75) is 62.4 Å². The van der Waals surface area contributed by atoms with Crippen molar-refractivity contribution in [3.05, 3.63) is 30.6 Å². The van der Waals surface area contributed by atoms with Gasteiger partial charge in [0.1, 0.15) is 0 Å². The molecule has 0 fully saturated rings. The number of halogens is 10. The van der Waals surface area contributed by atoms with Crippen molar-refractivity contribution in [1.29, 1.82) is 0 Å². The molecule has 0 bridgehead atoms. The van der Waals surface area contributed by atoms with E-state index in [-0.39, 0.29) is 3.97 Å². The molecule has 0 spiro atoms. The molecule has 0 amide bonds. The van der Waals surface area contributed by atoms with Crippen LogP contribution in [0.2, 0.25) is 0 Å². The predicted molar refractivity (Wildman–Crippen MR) is 80.9 cm³/mol. The molecule has 1 unspecified atom stereocenters. The number of hydrogen-bond acceptors (Lipinski definition) is 3. The fourth-order valence-corrected chi connectivity index (χ4v) is 3.05. The summed E-state index contributed by atoms with van der Waals surface area (Å²) in [5.74, 6) is -12.7. The second-order valence-corrected chi connectivity index (χ2v) is 7.59. The molecule has 0 aliphatic carbocycles. The number of rotatable bonds is 11. The zero-order chi connectivity index (χ0) is 23.4. The van der Waals surface area contributed by atoms with Gasteiger partial charge in [-0.05, 0) is 12.8 Å². The number of unbranched alkanes of at least 4 members (excludes halogenated alkanes) is 2. The fourth-order valence-electron chi connectivity index (χ4n) is 2.16. The van der Waals surface area contributed by atoms with Crippen LogP contribution >= 0.6 is 0 Å². The standard InChI is InChI=1S/C15H16F10NO3S/c16-11(7-3-1-4-8-12(17,18)19)13(20,21)14(22,23)15(24,25)29-30(27,28)26-9-5-2-6-10-26/h2,5-6,9-11H,1,3-4,7-8H2/q+1. The Balaban J connectivity index is 2.87. The molecule has 1 rings (SSSR count). The maximum Gasteiger partial charge on any atom is 0.519 e. The summed E-state index contributed by atoms with van der Waals surface area (Å²) in [6, 6.07) is 3.17. The lowest BCUT2D eigenvalue weighted by molar-refractivity contribution is -0.528. The minimum absolute atomic E-state index is 0.108.